The van der Waals surface area contributed by atoms with Gasteiger partial charge in [0.25, 0.3) is 0 Å². The Kier molecular flexibility index (Phi) is 4.12. The highest BCUT2D eigenvalue weighted by atomic mass is 16.5. The first-order valence-corrected chi connectivity index (χ1v) is 6.89. The zero-order valence-electron chi connectivity index (χ0n) is 12.0. The molecule has 0 aliphatic rings. The monoisotopic (exact) mass is 279 g/mol. The van der Waals surface area contributed by atoms with Gasteiger partial charge < -0.3 is 9.47 Å². The number of hydrogen-bond donors (Lipinski definition) is 0. The molecule has 0 amide bonds. The first-order valence-electron chi connectivity index (χ1n) is 6.89. The zero-order valence-corrected chi connectivity index (χ0v) is 12.0. The summed E-state index contributed by atoms with van der Waals surface area (Å²) >= 11 is 0. The van der Waals surface area contributed by atoms with Gasteiger partial charge in [0.15, 0.2) is 0 Å². The molecule has 0 bridgehead atoms. The number of ether oxygens (including phenoxy) is 2. The van der Waals surface area contributed by atoms with Gasteiger partial charge in [-0.3, -0.25) is 4.98 Å². The second-order valence-corrected chi connectivity index (χ2v) is 4.91. The lowest BCUT2D eigenvalue weighted by molar-refractivity contribution is 0.185. The molecule has 0 saturated carbocycles. The second-order valence-electron chi connectivity index (χ2n) is 4.91. The van der Waals surface area contributed by atoms with Crippen LogP contribution in [0.5, 0.6) is 5.75 Å². The molecule has 106 valence electrons. The highest BCUT2D eigenvalue weighted by Gasteiger charge is 2.01. The summed E-state index contributed by atoms with van der Waals surface area (Å²) in [6.45, 7) is 1.14. The van der Waals surface area contributed by atoms with Crippen LogP contribution >= 0.6 is 0 Å². The third kappa shape index (κ3) is 3.38. The maximum Gasteiger partial charge on any atom is 0.122 e. The Morgan fingerprint density at radius 1 is 0.905 bits per heavy atom. The molecule has 0 atom stereocenters. The third-order valence-corrected chi connectivity index (χ3v) is 3.27. The Labute approximate surface area is 124 Å². The first-order chi connectivity index (χ1) is 10.3. The minimum absolute atomic E-state index is 0.564. The number of fused-ring (bicyclic) bond motifs is 1. The molecule has 0 radical (unpaired) electrons. The van der Waals surface area contributed by atoms with E-state index in [1.165, 1.54) is 0 Å². The normalized spacial score (nSPS) is 10.7. The molecular formula is C18H17NO2. The Morgan fingerprint density at radius 3 is 2.57 bits per heavy atom. The maximum absolute atomic E-state index is 5.81. The van der Waals surface area contributed by atoms with Crippen LogP contribution in [0, 0.1) is 0 Å². The molecule has 3 rings (SSSR count). The lowest BCUT2D eigenvalue weighted by atomic mass is 10.1. The molecule has 0 fully saturated rings. The highest BCUT2D eigenvalue weighted by molar-refractivity contribution is 5.80. The first kappa shape index (κ1) is 13.6. The van der Waals surface area contributed by atoms with Gasteiger partial charge in [0.1, 0.15) is 12.4 Å². The quantitative estimate of drug-likeness (QED) is 0.708. The van der Waals surface area contributed by atoms with Crippen LogP contribution in [-0.4, -0.2) is 12.1 Å². The summed E-state index contributed by atoms with van der Waals surface area (Å²) in [5.41, 5.74) is 3.16. The molecule has 0 aliphatic carbocycles. The SMILES string of the molecule is COCc1cnc2cc(OCc3ccccc3)ccc2c1. The van der Waals surface area contributed by atoms with Crippen LogP contribution in [-0.2, 0) is 18.0 Å². The van der Waals surface area contributed by atoms with Crippen molar-refractivity contribution in [2.75, 3.05) is 7.11 Å². The van der Waals surface area contributed by atoms with Crippen molar-refractivity contribution < 1.29 is 9.47 Å². The minimum Gasteiger partial charge on any atom is -0.489 e. The molecule has 0 spiro atoms. The molecule has 21 heavy (non-hydrogen) atoms. The van der Waals surface area contributed by atoms with Gasteiger partial charge in [0, 0.05) is 24.8 Å². The maximum atomic E-state index is 5.81. The van der Waals surface area contributed by atoms with E-state index in [1.54, 1.807) is 7.11 Å². The number of hydrogen-bond acceptors (Lipinski definition) is 3. The molecular weight excluding hydrogens is 262 g/mol. The van der Waals surface area contributed by atoms with Crippen molar-refractivity contribution in [3.63, 3.8) is 0 Å². The smallest absolute Gasteiger partial charge is 0.122 e. The Morgan fingerprint density at radius 2 is 1.76 bits per heavy atom. The van der Waals surface area contributed by atoms with Crippen molar-refractivity contribution in [2.24, 2.45) is 0 Å². The van der Waals surface area contributed by atoms with E-state index in [0.717, 1.165) is 27.8 Å². The molecule has 0 aliphatic heterocycles. The predicted molar refractivity (Wildman–Crippen MR) is 83.2 cm³/mol. The van der Waals surface area contributed by atoms with E-state index in [0.29, 0.717) is 13.2 Å². The molecule has 0 unspecified atom stereocenters. The number of benzene rings is 2. The van der Waals surface area contributed by atoms with E-state index < -0.39 is 0 Å². The summed E-state index contributed by atoms with van der Waals surface area (Å²) in [6, 6.07) is 18.2. The highest BCUT2D eigenvalue weighted by Crippen LogP contribution is 2.21. The van der Waals surface area contributed by atoms with Gasteiger partial charge in [-0.15, -0.1) is 0 Å². The van der Waals surface area contributed by atoms with E-state index in [2.05, 4.69) is 23.2 Å². The van der Waals surface area contributed by atoms with Crippen LogP contribution < -0.4 is 4.74 Å². The van der Waals surface area contributed by atoms with Gasteiger partial charge in [0.2, 0.25) is 0 Å². The molecule has 0 N–H and O–H groups in total. The molecule has 1 heterocycles. The van der Waals surface area contributed by atoms with Crippen molar-refractivity contribution in [1.29, 1.82) is 0 Å². The molecule has 3 aromatic rings. The summed E-state index contributed by atoms with van der Waals surface area (Å²) in [5.74, 6) is 0.832. The lowest BCUT2D eigenvalue weighted by Crippen LogP contribution is -1.95. The van der Waals surface area contributed by atoms with Crippen molar-refractivity contribution >= 4 is 10.9 Å². The largest absolute Gasteiger partial charge is 0.489 e. The Bertz CT molecular complexity index is 726. The van der Waals surface area contributed by atoms with Crippen LogP contribution in [0.15, 0.2) is 60.8 Å². The van der Waals surface area contributed by atoms with E-state index in [-0.39, 0.29) is 0 Å². The summed E-state index contributed by atoms with van der Waals surface area (Å²) in [6.07, 6.45) is 1.84. The molecule has 0 saturated heterocycles. The summed E-state index contributed by atoms with van der Waals surface area (Å²) < 4.78 is 10.9. The summed E-state index contributed by atoms with van der Waals surface area (Å²) in [5, 5.41) is 1.09. The van der Waals surface area contributed by atoms with Crippen LogP contribution in [0.1, 0.15) is 11.1 Å². The number of rotatable bonds is 5. The van der Waals surface area contributed by atoms with E-state index in [4.69, 9.17) is 9.47 Å². The van der Waals surface area contributed by atoms with Gasteiger partial charge in [-0.05, 0) is 29.3 Å². The second kappa shape index (κ2) is 6.37. The fraction of sp³-hybridized carbons (Fsp3) is 0.167. The standard InChI is InChI=1S/C18H17NO2/c1-20-12-15-9-16-7-8-17(10-18(16)19-11-15)21-13-14-5-3-2-4-6-14/h2-11H,12-13H2,1H3. The van der Waals surface area contributed by atoms with Gasteiger partial charge in [-0.1, -0.05) is 30.3 Å². The Hall–Kier alpha value is -2.39. The average molecular weight is 279 g/mol. The molecule has 3 heteroatoms. The van der Waals surface area contributed by atoms with E-state index >= 15 is 0 Å². The topological polar surface area (TPSA) is 31.4 Å². The predicted octanol–water partition coefficient (Wildman–Crippen LogP) is 3.96. The van der Waals surface area contributed by atoms with Crippen LogP contribution in [0.25, 0.3) is 10.9 Å². The van der Waals surface area contributed by atoms with E-state index in [1.807, 2.05) is 42.6 Å². The molecule has 3 nitrogen and oxygen atoms in total. The van der Waals surface area contributed by atoms with Gasteiger partial charge >= 0.3 is 0 Å². The van der Waals surface area contributed by atoms with Crippen LogP contribution in [0.4, 0.5) is 0 Å². The number of pyridine rings is 1. The van der Waals surface area contributed by atoms with Gasteiger partial charge in [0.05, 0.1) is 12.1 Å². The lowest BCUT2D eigenvalue weighted by Gasteiger charge is -2.08. The van der Waals surface area contributed by atoms with Gasteiger partial charge in [-0.2, -0.15) is 0 Å². The van der Waals surface area contributed by atoms with Crippen LogP contribution in [0.2, 0.25) is 0 Å². The zero-order chi connectivity index (χ0) is 14.5. The van der Waals surface area contributed by atoms with Crippen molar-refractivity contribution in [3.8, 4) is 5.75 Å². The number of methoxy groups -OCH3 is 1. The number of nitrogens with zero attached hydrogens (tertiary/aromatic N) is 1. The molecule has 1 aromatic heterocycles. The molecule has 2 aromatic carbocycles. The summed E-state index contributed by atoms with van der Waals surface area (Å²) in [7, 11) is 1.69. The van der Waals surface area contributed by atoms with Crippen LogP contribution in [0.3, 0.4) is 0 Å². The third-order valence-electron chi connectivity index (χ3n) is 3.27. The Balaban J connectivity index is 1.76. The van der Waals surface area contributed by atoms with Crippen molar-refractivity contribution in [2.45, 2.75) is 13.2 Å². The minimum atomic E-state index is 0.564. The van der Waals surface area contributed by atoms with E-state index in [9.17, 15) is 0 Å². The average Bonchev–Trinajstić information content (AvgIpc) is 2.54. The van der Waals surface area contributed by atoms with Crippen molar-refractivity contribution in [3.05, 3.63) is 71.9 Å². The number of aromatic nitrogens is 1. The fourth-order valence-corrected chi connectivity index (χ4v) is 2.22. The summed E-state index contributed by atoms with van der Waals surface area (Å²) in [4.78, 5) is 4.46. The van der Waals surface area contributed by atoms with Crippen molar-refractivity contribution in [1.82, 2.24) is 4.98 Å². The van der Waals surface area contributed by atoms with Gasteiger partial charge in [-0.25, -0.2) is 0 Å². The fourth-order valence-electron chi connectivity index (χ4n) is 2.22.